The highest BCUT2D eigenvalue weighted by Crippen LogP contribution is 2.26. The van der Waals surface area contributed by atoms with E-state index in [1.807, 2.05) is 6.07 Å². The van der Waals surface area contributed by atoms with Gasteiger partial charge in [0, 0.05) is 36.5 Å². The lowest BCUT2D eigenvalue weighted by Gasteiger charge is -2.34. The third-order valence-corrected chi connectivity index (χ3v) is 6.10. The van der Waals surface area contributed by atoms with Gasteiger partial charge < -0.3 is 10.2 Å². The summed E-state index contributed by atoms with van der Waals surface area (Å²) in [6, 6.07) is 15.7. The van der Waals surface area contributed by atoms with Crippen LogP contribution in [-0.4, -0.2) is 43.8 Å². The molecule has 1 aromatic heterocycles. The monoisotopic (exact) mass is 382 g/mol. The summed E-state index contributed by atoms with van der Waals surface area (Å²) < 4.78 is 23.8. The minimum Gasteiger partial charge on any atom is -0.371 e. The fraction of sp³-hybridized carbons (Fsp3) is 0.300. The molecule has 0 spiro atoms. The molecule has 2 heterocycles. The SMILES string of the molecule is CS(=O)(=O)c1ccc2ncnc(NC3CCN(c4ccccc4)CC3)c2c1. The Hall–Kier alpha value is -2.67. The molecule has 27 heavy (non-hydrogen) atoms. The summed E-state index contributed by atoms with van der Waals surface area (Å²) in [7, 11) is -3.27. The zero-order valence-corrected chi connectivity index (χ0v) is 16.0. The van der Waals surface area contributed by atoms with Crippen LogP contribution in [0.2, 0.25) is 0 Å². The van der Waals surface area contributed by atoms with Crippen LogP contribution in [0.1, 0.15) is 12.8 Å². The number of sulfone groups is 1. The molecule has 1 N–H and O–H groups in total. The minimum atomic E-state index is -3.27. The minimum absolute atomic E-state index is 0.284. The fourth-order valence-corrected chi connectivity index (χ4v) is 4.14. The number of rotatable bonds is 4. The number of anilines is 2. The molecule has 0 radical (unpaired) electrons. The maximum atomic E-state index is 11.9. The third-order valence-electron chi connectivity index (χ3n) is 4.99. The Bertz CT molecular complexity index is 1050. The van der Waals surface area contributed by atoms with Crippen LogP contribution in [0.5, 0.6) is 0 Å². The van der Waals surface area contributed by atoms with Gasteiger partial charge in [0.1, 0.15) is 12.1 Å². The molecule has 7 heteroatoms. The van der Waals surface area contributed by atoms with Gasteiger partial charge in [-0.2, -0.15) is 0 Å². The Balaban J connectivity index is 1.52. The number of fused-ring (bicyclic) bond motifs is 1. The van der Waals surface area contributed by atoms with E-state index < -0.39 is 9.84 Å². The van der Waals surface area contributed by atoms with Crippen molar-refractivity contribution in [1.82, 2.24) is 9.97 Å². The van der Waals surface area contributed by atoms with Crippen molar-refractivity contribution >= 4 is 32.2 Å². The Labute approximate surface area is 159 Å². The molecule has 4 rings (SSSR count). The van der Waals surface area contributed by atoms with E-state index in [4.69, 9.17) is 0 Å². The number of benzene rings is 2. The van der Waals surface area contributed by atoms with E-state index in [0.29, 0.717) is 11.9 Å². The van der Waals surface area contributed by atoms with Gasteiger partial charge in [-0.1, -0.05) is 18.2 Å². The summed E-state index contributed by atoms with van der Waals surface area (Å²) in [5.74, 6) is 0.698. The van der Waals surface area contributed by atoms with Crippen molar-refractivity contribution in [3.05, 3.63) is 54.9 Å². The largest absolute Gasteiger partial charge is 0.371 e. The van der Waals surface area contributed by atoms with Crippen molar-refractivity contribution in [2.45, 2.75) is 23.8 Å². The van der Waals surface area contributed by atoms with Crippen LogP contribution in [0, 0.1) is 0 Å². The van der Waals surface area contributed by atoms with Crippen LogP contribution >= 0.6 is 0 Å². The summed E-state index contributed by atoms with van der Waals surface area (Å²) in [5, 5.41) is 4.24. The number of para-hydroxylation sites is 1. The first-order valence-corrected chi connectivity index (χ1v) is 10.9. The third kappa shape index (κ3) is 3.88. The molecule has 2 aromatic carbocycles. The number of nitrogens with one attached hydrogen (secondary N) is 1. The molecule has 1 aliphatic rings. The maximum Gasteiger partial charge on any atom is 0.175 e. The lowest BCUT2D eigenvalue weighted by Crippen LogP contribution is -2.39. The maximum absolute atomic E-state index is 11.9. The van der Waals surface area contributed by atoms with Gasteiger partial charge >= 0.3 is 0 Å². The molecule has 0 unspecified atom stereocenters. The summed E-state index contributed by atoms with van der Waals surface area (Å²) in [6.45, 7) is 1.94. The summed E-state index contributed by atoms with van der Waals surface area (Å²) in [5.41, 5.74) is 1.99. The van der Waals surface area contributed by atoms with Crippen molar-refractivity contribution in [2.75, 3.05) is 29.6 Å². The van der Waals surface area contributed by atoms with Crippen LogP contribution < -0.4 is 10.2 Å². The van der Waals surface area contributed by atoms with Gasteiger partial charge in [0.15, 0.2) is 9.84 Å². The Morgan fingerprint density at radius 3 is 2.48 bits per heavy atom. The lowest BCUT2D eigenvalue weighted by atomic mass is 10.0. The van der Waals surface area contributed by atoms with Gasteiger partial charge in [-0.05, 0) is 43.2 Å². The molecule has 1 saturated heterocycles. The zero-order chi connectivity index (χ0) is 18.9. The number of hydrogen-bond acceptors (Lipinski definition) is 6. The highest BCUT2D eigenvalue weighted by molar-refractivity contribution is 7.90. The second-order valence-corrected chi connectivity index (χ2v) is 8.93. The van der Waals surface area contributed by atoms with Crippen molar-refractivity contribution in [1.29, 1.82) is 0 Å². The highest BCUT2D eigenvalue weighted by atomic mass is 32.2. The molecular formula is C20H22N4O2S. The van der Waals surface area contributed by atoms with Gasteiger partial charge in [0.2, 0.25) is 0 Å². The molecule has 0 saturated carbocycles. The molecule has 0 amide bonds. The van der Waals surface area contributed by atoms with E-state index in [1.165, 1.54) is 18.3 Å². The number of nitrogens with zero attached hydrogens (tertiary/aromatic N) is 3. The van der Waals surface area contributed by atoms with E-state index in [2.05, 4.69) is 44.5 Å². The molecule has 3 aromatic rings. The van der Waals surface area contributed by atoms with E-state index in [-0.39, 0.29) is 4.90 Å². The van der Waals surface area contributed by atoms with Gasteiger partial charge in [-0.25, -0.2) is 18.4 Å². The van der Waals surface area contributed by atoms with Gasteiger partial charge in [0.25, 0.3) is 0 Å². The second-order valence-electron chi connectivity index (χ2n) is 6.91. The standard InChI is InChI=1S/C20H22N4O2S/c1-27(25,26)17-7-8-19-18(13-17)20(22-14-21-19)23-15-9-11-24(12-10-15)16-5-3-2-4-6-16/h2-8,13-15H,9-12H2,1H3,(H,21,22,23). The molecule has 140 valence electrons. The van der Waals surface area contributed by atoms with Crippen LogP contribution in [0.25, 0.3) is 10.9 Å². The van der Waals surface area contributed by atoms with Crippen molar-refractivity contribution in [3.8, 4) is 0 Å². The molecule has 6 nitrogen and oxygen atoms in total. The number of hydrogen-bond donors (Lipinski definition) is 1. The number of piperidine rings is 1. The molecule has 1 aliphatic heterocycles. The topological polar surface area (TPSA) is 75.2 Å². The first-order chi connectivity index (χ1) is 13.0. The fourth-order valence-electron chi connectivity index (χ4n) is 3.50. The normalized spacial score (nSPS) is 15.8. The summed E-state index contributed by atoms with van der Waals surface area (Å²) in [6.07, 6.45) is 4.71. The zero-order valence-electron chi connectivity index (χ0n) is 15.2. The van der Waals surface area contributed by atoms with Crippen LogP contribution in [0.4, 0.5) is 11.5 Å². The molecule has 0 bridgehead atoms. The smallest absolute Gasteiger partial charge is 0.175 e. The predicted molar refractivity (Wildman–Crippen MR) is 108 cm³/mol. The predicted octanol–water partition coefficient (Wildman–Crippen LogP) is 3.11. The van der Waals surface area contributed by atoms with E-state index in [1.54, 1.807) is 18.2 Å². The van der Waals surface area contributed by atoms with Gasteiger partial charge in [-0.15, -0.1) is 0 Å². The van der Waals surface area contributed by atoms with Crippen LogP contribution in [-0.2, 0) is 9.84 Å². The number of aromatic nitrogens is 2. The molecule has 1 fully saturated rings. The average molecular weight is 382 g/mol. The Morgan fingerprint density at radius 1 is 1.04 bits per heavy atom. The van der Waals surface area contributed by atoms with Crippen molar-refractivity contribution in [2.24, 2.45) is 0 Å². The van der Waals surface area contributed by atoms with Crippen LogP contribution in [0.15, 0.2) is 59.8 Å². The van der Waals surface area contributed by atoms with Crippen molar-refractivity contribution < 1.29 is 8.42 Å². The Kier molecular flexibility index (Phi) is 4.70. The van der Waals surface area contributed by atoms with E-state index >= 15 is 0 Å². The molecule has 0 aliphatic carbocycles. The quantitative estimate of drug-likeness (QED) is 0.747. The molecule has 0 atom stereocenters. The van der Waals surface area contributed by atoms with E-state index in [9.17, 15) is 8.42 Å². The van der Waals surface area contributed by atoms with Crippen LogP contribution in [0.3, 0.4) is 0 Å². The first kappa shape index (κ1) is 17.7. The first-order valence-electron chi connectivity index (χ1n) is 9.02. The average Bonchev–Trinajstić information content (AvgIpc) is 2.68. The van der Waals surface area contributed by atoms with Gasteiger partial charge in [0.05, 0.1) is 10.4 Å². The van der Waals surface area contributed by atoms with Gasteiger partial charge in [-0.3, -0.25) is 0 Å². The van der Waals surface area contributed by atoms with Crippen molar-refractivity contribution in [3.63, 3.8) is 0 Å². The van der Waals surface area contributed by atoms with E-state index in [0.717, 1.165) is 36.8 Å². The highest BCUT2D eigenvalue weighted by Gasteiger charge is 2.20. The second kappa shape index (κ2) is 7.15. The Morgan fingerprint density at radius 2 is 1.78 bits per heavy atom. The summed E-state index contributed by atoms with van der Waals surface area (Å²) >= 11 is 0. The summed E-state index contributed by atoms with van der Waals surface area (Å²) in [4.78, 5) is 11.3. The molecular weight excluding hydrogens is 360 g/mol. The lowest BCUT2D eigenvalue weighted by molar-refractivity contribution is 0.526.